The van der Waals surface area contributed by atoms with Crippen molar-refractivity contribution in [2.24, 2.45) is 7.05 Å². The van der Waals surface area contributed by atoms with Gasteiger partial charge in [0.1, 0.15) is 5.69 Å². The molecule has 0 aliphatic carbocycles. The number of hydrogen-bond donors (Lipinski definition) is 0. The van der Waals surface area contributed by atoms with Crippen molar-refractivity contribution >= 4 is 10.9 Å². The van der Waals surface area contributed by atoms with Crippen LogP contribution < -0.4 is 9.30 Å². The van der Waals surface area contributed by atoms with Crippen molar-refractivity contribution in [2.75, 3.05) is 7.11 Å². The van der Waals surface area contributed by atoms with E-state index < -0.39 is 0 Å². The van der Waals surface area contributed by atoms with E-state index in [2.05, 4.69) is 64.3 Å². The van der Waals surface area contributed by atoms with E-state index in [9.17, 15) is 0 Å². The fourth-order valence-corrected chi connectivity index (χ4v) is 3.57. The number of hydrogen-bond acceptors (Lipinski definition) is 2. The minimum atomic E-state index is 0.631. The maximum Gasteiger partial charge on any atom is 0.498 e. The first-order valence-corrected chi connectivity index (χ1v) is 9.69. The Morgan fingerprint density at radius 2 is 1.41 bits per heavy atom. The summed E-state index contributed by atoms with van der Waals surface area (Å²) < 4.78 is 7.65. The van der Waals surface area contributed by atoms with Crippen LogP contribution >= 0.6 is 0 Å². The second-order valence-electron chi connectivity index (χ2n) is 7.03. The lowest BCUT2D eigenvalue weighted by Crippen LogP contribution is -2.35. The second kappa shape index (κ2) is 8.08. The predicted molar refractivity (Wildman–Crippen MR) is 115 cm³/mol. The van der Waals surface area contributed by atoms with E-state index in [1.54, 1.807) is 7.11 Å². The summed E-state index contributed by atoms with van der Waals surface area (Å²) in [7, 11) is 3.71. The molecule has 0 aliphatic rings. The number of fused-ring (bicyclic) bond motifs is 1. The van der Waals surface area contributed by atoms with Crippen molar-refractivity contribution in [2.45, 2.75) is 55.4 Å². The standard InChI is InChI=1S/C22H27N2O.C2H6/c1-12-9-10-18(11-13(12)2)21-19-16(5)14(3)15(4)17(6)20(19)23-22(25-8)24(21)7;1-2/h9-11H,1-8H3;1-2H3/q+1;. The molecule has 0 N–H and O–H groups in total. The van der Waals surface area contributed by atoms with E-state index in [-0.39, 0.29) is 0 Å². The van der Waals surface area contributed by atoms with Gasteiger partial charge in [-0.2, -0.15) is 4.57 Å². The molecule has 0 radical (unpaired) electrons. The highest BCUT2D eigenvalue weighted by Crippen LogP contribution is 2.35. The summed E-state index contributed by atoms with van der Waals surface area (Å²) in [6, 6.07) is 7.27. The fraction of sp³-hybridized carbons (Fsp3) is 0.417. The minimum Gasteiger partial charge on any atom is -0.431 e. The molecule has 0 fully saturated rings. The van der Waals surface area contributed by atoms with Gasteiger partial charge in [-0.15, -0.1) is 0 Å². The van der Waals surface area contributed by atoms with Gasteiger partial charge < -0.3 is 4.74 Å². The van der Waals surface area contributed by atoms with Crippen LogP contribution in [0, 0.1) is 41.5 Å². The van der Waals surface area contributed by atoms with Gasteiger partial charge >= 0.3 is 6.01 Å². The monoisotopic (exact) mass is 365 g/mol. The summed E-state index contributed by atoms with van der Waals surface area (Å²) in [4.78, 5) is 4.82. The van der Waals surface area contributed by atoms with Crippen LogP contribution in [-0.2, 0) is 7.05 Å². The Kier molecular flexibility index (Phi) is 6.25. The van der Waals surface area contributed by atoms with Crippen LogP contribution in [0.3, 0.4) is 0 Å². The number of nitrogens with zero attached hydrogens (tertiary/aromatic N) is 2. The van der Waals surface area contributed by atoms with Crippen LogP contribution in [0.15, 0.2) is 18.2 Å². The van der Waals surface area contributed by atoms with Crippen molar-refractivity contribution in [3.63, 3.8) is 0 Å². The maximum absolute atomic E-state index is 5.59. The molecule has 0 aliphatic heterocycles. The zero-order chi connectivity index (χ0) is 20.5. The Morgan fingerprint density at radius 3 is 1.96 bits per heavy atom. The third kappa shape index (κ3) is 3.43. The fourth-order valence-electron chi connectivity index (χ4n) is 3.57. The van der Waals surface area contributed by atoms with Crippen molar-refractivity contribution in [1.29, 1.82) is 0 Å². The molecule has 1 heterocycles. The molecule has 0 amide bonds. The van der Waals surface area contributed by atoms with Gasteiger partial charge in [0.15, 0.2) is 5.52 Å². The molecule has 144 valence electrons. The van der Waals surface area contributed by atoms with Gasteiger partial charge in [0.25, 0.3) is 0 Å². The van der Waals surface area contributed by atoms with Crippen LogP contribution in [0.2, 0.25) is 0 Å². The number of aryl methyl sites for hydroxylation is 4. The molecule has 3 aromatic rings. The lowest BCUT2D eigenvalue weighted by molar-refractivity contribution is -0.667. The first-order valence-electron chi connectivity index (χ1n) is 9.69. The van der Waals surface area contributed by atoms with Crippen LogP contribution in [-0.4, -0.2) is 12.1 Å². The van der Waals surface area contributed by atoms with Gasteiger partial charge in [0, 0.05) is 11.1 Å². The molecule has 0 saturated carbocycles. The topological polar surface area (TPSA) is 26.0 Å². The summed E-state index contributed by atoms with van der Waals surface area (Å²) in [5.74, 6) is 0. The van der Waals surface area contributed by atoms with E-state index in [4.69, 9.17) is 9.72 Å². The molecule has 3 rings (SSSR count). The first-order chi connectivity index (χ1) is 12.8. The summed E-state index contributed by atoms with van der Waals surface area (Å²) in [5, 5.41) is 1.21. The molecule has 2 aromatic carbocycles. The van der Waals surface area contributed by atoms with E-state index in [1.807, 2.05) is 20.9 Å². The smallest absolute Gasteiger partial charge is 0.431 e. The van der Waals surface area contributed by atoms with Gasteiger partial charge in [-0.3, -0.25) is 0 Å². The van der Waals surface area contributed by atoms with Crippen LogP contribution in [0.1, 0.15) is 47.2 Å². The molecular weight excluding hydrogens is 332 g/mol. The lowest BCUT2D eigenvalue weighted by atomic mass is 9.91. The van der Waals surface area contributed by atoms with E-state index in [0.29, 0.717) is 6.01 Å². The Morgan fingerprint density at radius 1 is 0.815 bits per heavy atom. The van der Waals surface area contributed by atoms with Gasteiger partial charge in [0.05, 0.1) is 19.5 Å². The third-order valence-electron chi connectivity index (χ3n) is 5.68. The summed E-state index contributed by atoms with van der Waals surface area (Å²) in [5.41, 5.74) is 11.1. The van der Waals surface area contributed by atoms with Gasteiger partial charge in [-0.1, -0.05) is 26.0 Å². The summed E-state index contributed by atoms with van der Waals surface area (Å²) in [6.45, 7) is 17.0. The third-order valence-corrected chi connectivity index (χ3v) is 5.68. The van der Waals surface area contributed by atoms with Crippen LogP contribution in [0.25, 0.3) is 22.2 Å². The van der Waals surface area contributed by atoms with Crippen LogP contribution in [0.5, 0.6) is 6.01 Å². The Hall–Kier alpha value is -2.42. The molecule has 1 aromatic heterocycles. The molecule has 0 atom stereocenters. The lowest BCUT2D eigenvalue weighted by Gasteiger charge is -2.16. The van der Waals surface area contributed by atoms with Crippen molar-refractivity contribution < 1.29 is 9.30 Å². The number of benzene rings is 2. The largest absolute Gasteiger partial charge is 0.498 e. The average molecular weight is 366 g/mol. The van der Waals surface area contributed by atoms with E-state index >= 15 is 0 Å². The van der Waals surface area contributed by atoms with E-state index in [1.165, 1.54) is 44.3 Å². The number of ether oxygens (including phenoxy) is 1. The predicted octanol–water partition coefficient (Wildman–Crippen LogP) is 5.61. The Balaban J connectivity index is 0.00000126. The Labute approximate surface area is 164 Å². The first kappa shape index (κ1) is 20.9. The van der Waals surface area contributed by atoms with Gasteiger partial charge in [-0.25, -0.2) is 0 Å². The number of methoxy groups -OCH3 is 1. The van der Waals surface area contributed by atoms with Crippen molar-refractivity contribution in [1.82, 2.24) is 4.98 Å². The molecule has 0 unspecified atom stereocenters. The highest BCUT2D eigenvalue weighted by Gasteiger charge is 2.26. The Bertz CT molecular complexity index is 1000. The van der Waals surface area contributed by atoms with Crippen molar-refractivity contribution in [3.05, 3.63) is 51.6 Å². The minimum absolute atomic E-state index is 0.631. The molecule has 3 nitrogen and oxygen atoms in total. The van der Waals surface area contributed by atoms with E-state index in [0.717, 1.165) is 11.2 Å². The quantitative estimate of drug-likeness (QED) is 0.552. The number of rotatable bonds is 2. The molecule has 0 bridgehead atoms. The zero-order valence-corrected chi connectivity index (χ0v) is 18.5. The normalized spacial score (nSPS) is 10.6. The second-order valence-corrected chi connectivity index (χ2v) is 7.03. The van der Waals surface area contributed by atoms with Crippen molar-refractivity contribution in [3.8, 4) is 17.3 Å². The summed E-state index contributed by atoms with van der Waals surface area (Å²) >= 11 is 0. The molecule has 27 heavy (non-hydrogen) atoms. The molecule has 0 spiro atoms. The molecule has 3 heteroatoms. The molecule has 0 saturated heterocycles. The summed E-state index contributed by atoms with van der Waals surface area (Å²) in [6.07, 6.45) is 0. The SMILES string of the molecule is CC.COc1nc2c(C)c(C)c(C)c(C)c2c(-c2ccc(C)c(C)c2)[n+]1C. The maximum atomic E-state index is 5.59. The number of aromatic nitrogens is 2. The zero-order valence-electron chi connectivity index (χ0n) is 18.5. The highest BCUT2D eigenvalue weighted by molar-refractivity contribution is 5.96. The highest BCUT2D eigenvalue weighted by atomic mass is 16.5. The van der Waals surface area contributed by atoms with Gasteiger partial charge in [-0.05, 0) is 80.4 Å². The average Bonchev–Trinajstić information content (AvgIpc) is 2.68. The van der Waals surface area contributed by atoms with Crippen LogP contribution in [0.4, 0.5) is 0 Å². The molecular formula is C24H33N2O+. The van der Waals surface area contributed by atoms with Gasteiger partial charge in [0.2, 0.25) is 0 Å².